The third-order valence-corrected chi connectivity index (χ3v) is 3.30. The minimum Gasteiger partial charge on any atom is -0.465 e. The normalized spacial score (nSPS) is 16.6. The van der Waals surface area contributed by atoms with E-state index in [1.165, 1.54) is 11.2 Å². The molecule has 98 valence electrons. The topological polar surface area (TPSA) is 78.4 Å². The number of aromatic nitrogens is 2. The Kier molecular flexibility index (Phi) is 4.19. The van der Waals surface area contributed by atoms with Crippen molar-refractivity contribution >= 4 is 23.5 Å². The number of hydrogen-bond donors (Lipinski definition) is 2. The SMILES string of the molecule is O=C(O)N1CCC(CNc2cc(Cl)ncn2)CC1. The predicted octanol–water partition coefficient (Wildman–Crippen LogP) is 1.93. The van der Waals surface area contributed by atoms with Crippen LogP contribution in [0, 0.1) is 5.92 Å². The fourth-order valence-corrected chi connectivity index (χ4v) is 2.15. The summed E-state index contributed by atoms with van der Waals surface area (Å²) in [5.74, 6) is 1.17. The molecule has 6 nitrogen and oxygen atoms in total. The lowest BCUT2D eigenvalue weighted by molar-refractivity contribution is 0.126. The number of nitrogens with one attached hydrogen (secondary N) is 1. The lowest BCUT2D eigenvalue weighted by Gasteiger charge is -2.30. The van der Waals surface area contributed by atoms with Gasteiger partial charge in [0.2, 0.25) is 0 Å². The van der Waals surface area contributed by atoms with Gasteiger partial charge in [0.25, 0.3) is 0 Å². The number of halogens is 1. The predicted molar refractivity (Wildman–Crippen MR) is 67.9 cm³/mol. The quantitative estimate of drug-likeness (QED) is 0.821. The largest absolute Gasteiger partial charge is 0.465 e. The minimum absolute atomic E-state index is 0.410. The first kappa shape index (κ1) is 12.9. The second-order valence-corrected chi connectivity index (χ2v) is 4.71. The van der Waals surface area contributed by atoms with Crippen molar-refractivity contribution in [3.05, 3.63) is 17.5 Å². The number of carbonyl (C=O) groups is 1. The monoisotopic (exact) mass is 270 g/mol. The summed E-state index contributed by atoms with van der Waals surface area (Å²) >= 11 is 5.76. The third kappa shape index (κ3) is 3.46. The highest BCUT2D eigenvalue weighted by molar-refractivity contribution is 6.29. The molecule has 2 rings (SSSR count). The van der Waals surface area contributed by atoms with Crippen LogP contribution in [0.2, 0.25) is 5.15 Å². The maximum Gasteiger partial charge on any atom is 0.407 e. The van der Waals surface area contributed by atoms with Gasteiger partial charge in [0.15, 0.2) is 0 Å². The van der Waals surface area contributed by atoms with Gasteiger partial charge in [0, 0.05) is 25.7 Å². The summed E-state index contributed by atoms with van der Waals surface area (Å²) in [7, 11) is 0. The zero-order valence-corrected chi connectivity index (χ0v) is 10.6. The van der Waals surface area contributed by atoms with Crippen LogP contribution in [0.1, 0.15) is 12.8 Å². The summed E-state index contributed by atoms with van der Waals surface area (Å²) in [5, 5.41) is 12.4. The molecule has 2 heterocycles. The Bertz CT molecular complexity index is 421. The number of likely N-dealkylation sites (tertiary alicyclic amines) is 1. The van der Waals surface area contributed by atoms with Crippen LogP contribution < -0.4 is 5.32 Å². The van der Waals surface area contributed by atoms with E-state index in [1.807, 2.05) is 0 Å². The molecule has 0 spiro atoms. The van der Waals surface area contributed by atoms with Gasteiger partial charge in [-0.3, -0.25) is 0 Å². The number of amides is 1. The van der Waals surface area contributed by atoms with Crippen molar-refractivity contribution in [2.45, 2.75) is 12.8 Å². The second-order valence-electron chi connectivity index (χ2n) is 4.32. The van der Waals surface area contributed by atoms with E-state index in [0.717, 1.165) is 19.4 Å². The molecule has 0 atom stereocenters. The number of nitrogens with zero attached hydrogens (tertiary/aromatic N) is 3. The summed E-state index contributed by atoms with van der Waals surface area (Å²) in [6.45, 7) is 1.99. The Morgan fingerprint density at radius 2 is 2.22 bits per heavy atom. The van der Waals surface area contributed by atoms with E-state index in [0.29, 0.717) is 30.0 Å². The van der Waals surface area contributed by atoms with E-state index in [2.05, 4.69) is 15.3 Å². The number of piperidine rings is 1. The van der Waals surface area contributed by atoms with E-state index < -0.39 is 6.09 Å². The molecule has 0 radical (unpaired) electrons. The van der Waals surface area contributed by atoms with Crippen LogP contribution in [0.5, 0.6) is 0 Å². The van der Waals surface area contributed by atoms with E-state index in [-0.39, 0.29) is 0 Å². The fraction of sp³-hybridized carbons (Fsp3) is 0.545. The summed E-state index contributed by atoms with van der Waals surface area (Å²) in [6, 6.07) is 1.67. The molecule has 1 aliphatic heterocycles. The van der Waals surface area contributed by atoms with Gasteiger partial charge in [-0.2, -0.15) is 0 Å². The molecular weight excluding hydrogens is 256 g/mol. The Labute approximate surface area is 110 Å². The lowest BCUT2D eigenvalue weighted by Crippen LogP contribution is -2.39. The van der Waals surface area contributed by atoms with E-state index in [4.69, 9.17) is 16.7 Å². The summed E-state index contributed by atoms with van der Waals surface area (Å²) in [4.78, 5) is 20.1. The molecule has 0 aromatic carbocycles. The molecule has 7 heteroatoms. The van der Waals surface area contributed by atoms with Crippen molar-refractivity contribution in [1.29, 1.82) is 0 Å². The van der Waals surface area contributed by atoms with Gasteiger partial charge in [0.05, 0.1) is 0 Å². The number of rotatable bonds is 3. The van der Waals surface area contributed by atoms with Crippen molar-refractivity contribution in [2.75, 3.05) is 25.0 Å². The van der Waals surface area contributed by atoms with Gasteiger partial charge in [0.1, 0.15) is 17.3 Å². The van der Waals surface area contributed by atoms with Gasteiger partial charge in [-0.05, 0) is 18.8 Å². The van der Waals surface area contributed by atoms with Crippen LogP contribution in [0.15, 0.2) is 12.4 Å². The van der Waals surface area contributed by atoms with Gasteiger partial charge in [-0.25, -0.2) is 14.8 Å². The van der Waals surface area contributed by atoms with Crippen molar-refractivity contribution < 1.29 is 9.90 Å². The maximum atomic E-state index is 10.8. The molecule has 1 fully saturated rings. The molecule has 1 aromatic heterocycles. The highest BCUT2D eigenvalue weighted by atomic mass is 35.5. The average molecular weight is 271 g/mol. The molecule has 18 heavy (non-hydrogen) atoms. The van der Waals surface area contributed by atoms with E-state index in [9.17, 15) is 4.79 Å². The first-order valence-corrected chi connectivity index (χ1v) is 6.22. The molecule has 0 unspecified atom stereocenters. The molecule has 2 N–H and O–H groups in total. The zero-order valence-electron chi connectivity index (χ0n) is 9.84. The molecule has 1 saturated heterocycles. The van der Waals surface area contributed by atoms with Gasteiger partial charge in [-0.1, -0.05) is 11.6 Å². The Hall–Kier alpha value is -1.56. The average Bonchev–Trinajstić information content (AvgIpc) is 2.37. The van der Waals surface area contributed by atoms with Gasteiger partial charge >= 0.3 is 6.09 Å². The summed E-state index contributed by atoms with van der Waals surface area (Å²) < 4.78 is 0. The lowest BCUT2D eigenvalue weighted by atomic mass is 9.97. The van der Waals surface area contributed by atoms with E-state index in [1.54, 1.807) is 6.07 Å². The molecule has 0 bridgehead atoms. The number of carboxylic acid groups (broad SMARTS) is 1. The van der Waals surface area contributed by atoms with Crippen molar-refractivity contribution in [1.82, 2.24) is 14.9 Å². The first-order chi connectivity index (χ1) is 8.65. The fourth-order valence-electron chi connectivity index (χ4n) is 2.01. The van der Waals surface area contributed by atoms with Crippen molar-refractivity contribution in [2.24, 2.45) is 5.92 Å². The maximum absolute atomic E-state index is 10.8. The van der Waals surface area contributed by atoms with Crippen LogP contribution in [0.25, 0.3) is 0 Å². The Morgan fingerprint density at radius 3 is 2.83 bits per heavy atom. The molecule has 0 saturated carbocycles. The summed E-state index contributed by atoms with van der Waals surface area (Å²) in [5.41, 5.74) is 0. The minimum atomic E-state index is -0.830. The van der Waals surface area contributed by atoms with Crippen LogP contribution in [0.4, 0.5) is 10.6 Å². The van der Waals surface area contributed by atoms with Crippen molar-refractivity contribution in [3.63, 3.8) is 0 Å². The highest BCUT2D eigenvalue weighted by Crippen LogP contribution is 2.18. The smallest absolute Gasteiger partial charge is 0.407 e. The van der Waals surface area contributed by atoms with Crippen LogP contribution in [-0.4, -0.2) is 45.7 Å². The standard InChI is InChI=1S/C11H15ClN4O2/c12-9-5-10(15-7-14-9)13-6-8-1-3-16(4-2-8)11(17)18/h5,7-8H,1-4,6H2,(H,17,18)(H,13,14,15). The molecule has 1 aliphatic rings. The van der Waals surface area contributed by atoms with Crippen LogP contribution in [-0.2, 0) is 0 Å². The number of hydrogen-bond acceptors (Lipinski definition) is 4. The molecule has 0 aliphatic carbocycles. The Morgan fingerprint density at radius 1 is 1.50 bits per heavy atom. The second kappa shape index (κ2) is 5.86. The van der Waals surface area contributed by atoms with Gasteiger partial charge in [-0.15, -0.1) is 0 Å². The summed E-state index contributed by atoms with van der Waals surface area (Å²) in [6.07, 6.45) is 2.33. The molecule has 1 amide bonds. The first-order valence-electron chi connectivity index (χ1n) is 5.84. The highest BCUT2D eigenvalue weighted by Gasteiger charge is 2.21. The van der Waals surface area contributed by atoms with Crippen LogP contribution >= 0.6 is 11.6 Å². The van der Waals surface area contributed by atoms with E-state index >= 15 is 0 Å². The zero-order chi connectivity index (χ0) is 13.0. The van der Waals surface area contributed by atoms with Gasteiger partial charge < -0.3 is 15.3 Å². The van der Waals surface area contributed by atoms with Crippen LogP contribution in [0.3, 0.4) is 0 Å². The molecule has 1 aromatic rings. The number of anilines is 1. The Balaban J connectivity index is 1.77. The molecular formula is C11H15ClN4O2. The third-order valence-electron chi connectivity index (χ3n) is 3.09. The van der Waals surface area contributed by atoms with Crippen molar-refractivity contribution in [3.8, 4) is 0 Å².